The summed E-state index contributed by atoms with van der Waals surface area (Å²) in [5.74, 6) is 0.855. The van der Waals surface area contributed by atoms with Crippen molar-refractivity contribution in [2.45, 2.75) is 65.9 Å². The zero-order valence-electron chi connectivity index (χ0n) is 10.0. The molecule has 0 aliphatic heterocycles. The van der Waals surface area contributed by atoms with Crippen LogP contribution in [0.2, 0.25) is 0 Å². The highest BCUT2D eigenvalue weighted by molar-refractivity contribution is 4.65. The summed E-state index contributed by atoms with van der Waals surface area (Å²) in [6.45, 7) is 12.0. The Hall–Kier alpha value is -0.0400. The van der Waals surface area contributed by atoms with E-state index in [-0.39, 0.29) is 5.60 Å². The molecule has 0 saturated heterocycles. The smallest absolute Gasteiger partial charge is 0.0623 e. The minimum Gasteiger partial charge on any atom is -0.376 e. The minimum atomic E-state index is 0.0788. The Labute approximate surface area is 83.9 Å². The van der Waals surface area contributed by atoms with E-state index < -0.39 is 0 Å². The second-order valence-corrected chi connectivity index (χ2v) is 4.62. The van der Waals surface area contributed by atoms with Gasteiger partial charge in [0.2, 0.25) is 0 Å². The van der Waals surface area contributed by atoms with E-state index in [2.05, 4.69) is 34.6 Å². The standard InChI is InChI=1S/C12H26O/c1-6-11(3)9-8-10-13-12(4,5)7-2/h11H,6-10H2,1-5H3. The van der Waals surface area contributed by atoms with Crippen LogP contribution >= 0.6 is 0 Å². The van der Waals surface area contributed by atoms with Crippen LogP contribution in [0.1, 0.15) is 60.3 Å². The Kier molecular flexibility index (Phi) is 6.40. The topological polar surface area (TPSA) is 9.23 Å². The molecule has 13 heavy (non-hydrogen) atoms. The van der Waals surface area contributed by atoms with Gasteiger partial charge in [0.1, 0.15) is 0 Å². The SMILES string of the molecule is CCC(C)CCCOC(C)(C)CC. The van der Waals surface area contributed by atoms with E-state index >= 15 is 0 Å². The largest absolute Gasteiger partial charge is 0.376 e. The van der Waals surface area contributed by atoms with Crippen LogP contribution in [0.15, 0.2) is 0 Å². The third-order valence-electron chi connectivity index (χ3n) is 2.88. The Morgan fingerprint density at radius 3 is 2.31 bits per heavy atom. The zero-order valence-corrected chi connectivity index (χ0v) is 10.0. The number of hydrogen-bond acceptors (Lipinski definition) is 1. The summed E-state index contributed by atoms with van der Waals surface area (Å²) < 4.78 is 5.77. The number of rotatable bonds is 7. The fourth-order valence-corrected chi connectivity index (χ4v) is 1.09. The lowest BCUT2D eigenvalue weighted by Gasteiger charge is -2.23. The molecule has 1 heteroatoms. The van der Waals surface area contributed by atoms with Gasteiger partial charge in [-0.25, -0.2) is 0 Å². The fraction of sp³-hybridized carbons (Fsp3) is 1.00. The van der Waals surface area contributed by atoms with Gasteiger partial charge in [0.05, 0.1) is 5.60 Å². The highest BCUT2D eigenvalue weighted by atomic mass is 16.5. The van der Waals surface area contributed by atoms with Gasteiger partial charge in [0.15, 0.2) is 0 Å². The van der Waals surface area contributed by atoms with Gasteiger partial charge in [0, 0.05) is 6.61 Å². The molecule has 0 aromatic carbocycles. The third kappa shape index (κ3) is 7.06. The summed E-state index contributed by atoms with van der Waals surface area (Å²) >= 11 is 0. The first-order valence-corrected chi connectivity index (χ1v) is 5.65. The fourth-order valence-electron chi connectivity index (χ4n) is 1.09. The molecule has 0 aromatic heterocycles. The first-order valence-electron chi connectivity index (χ1n) is 5.65. The Balaban J connectivity index is 3.35. The van der Waals surface area contributed by atoms with Crippen LogP contribution in [-0.2, 0) is 4.74 Å². The molecule has 0 saturated carbocycles. The number of hydrogen-bond donors (Lipinski definition) is 0. The van der Waals surface area contributed by atoms with Crippen molar-refractivity contribution >= 4 is 0 Å². The second kappa shape index (κ2) is 6.42. The normalized spacial score (nSPS) is 14.5. The molecule has 0 rings (SSSR count). The average Bonchev–Trinajstić information content (AvgIpc) is 2.12. The maximum Gasteiger partial charge on any atom is 0.0623 e. The molecular formula is C12H26O. The van der Waals surface area contributed by atoms with Gasteiger partial charge in [-0.1, -0.05) is 27.2 Å². The lowest BCUT2D eigenvalue weighted by atomic mass is 10.0. The van der Waals surface area contributed by atoms with Crippen molar-refractivity contribution < 1.29 is 4.74 Å². The molecule has 1 atom stereocenters. The molecule has 0 heterocycles. The Bertz CT molecular complexity index is 118. The molecule has 0 amide bonds. The predicted octanol–water partition coefficient (Wildman–Crippen LogP) is 4.02. The highest BCUT2D eigenvalue weighted by Crippen LogP contribution is 2.15. The third-order valence-corrected chi connectivity index (χ3v) is 2.88. The Morgan fingerprint density at radius 2 is 1.85 bits per heavy atom. The molecule has 0 aliphatic carbocycles. The van der Waals surface area contributed by atoms with Crippen molar-refractivity contribution in [3.05, 3.63) is 0 Å². The van der Waals surface area contributed by atoms with Crippen LogP contribution in [0.5, 0.6) is 0 Å². The van der Waals surface area contributed by atoms with Gasteiger partial charge >= 0.3 is 0 Å². The van der Waals surface area contributed by atoms with E-state index in [4.69, 9.17) is 4.74 Å². The molecular weight excluding hydrogens is 160 g/mol. The number of ether oxygens (including phenoxy) is 1. The van der Waals surface area contributed by atoms with Gasteiger partial charge in [-0.05, 0) is 39.0 Å². The van der Waals surface area contributed by atoms with Crippen LogP contribution in [0.4, 0.5) is 0 Å². The van der Waals surface area contributed by atoms with E-state index in [9.17, 15) is 0 Å². The van der Waals surface area contributed by atoms with Crippen molar-refractivity contribution in [2.24, 2.45) is 5.92 Å². The van der Waals surface area contributed by atoms with Crippen LogP contribution in [-0.4, -0.2) is 12.2 Å². The molecule has 0 radical (unpaired) electrons. The van der Waals surface area contributed by atoms with Gasteiger partial charge in [-0.2, -0.15) is 0 Å². The molecule has 0 spiro atoms. The molecule has 1 unspecified atom stereocenters. The molecule has 0 fully saturated rings. The van der Waals surface area contributed by atoms with E-state index in [0.717, 1.165) is 18.9 Å². The van der Waals surface area contributed by atoms with Crippen LogP contribution < -0.4 is 0 Å². The van der Waals surface area contributed by atoms with Gasteiger partial charge in [-0.3, -0.25) is 0 Å². The van der Waals surface area contributed by atoms with E-state index in [1.54, 1.807) is 0 Å². The minimum absolute atomic E-state index is 0.0788. The quantitative estimate of drug-likeness (QED) is 0.546. The second-order valence-electron chi connectivity index (χ2n) is 4.62. The summed E-state index contributed by atoms with van der Waals surface area (Å²) in [5, 5.41) is 0. The predicted molar refractivity (Wildman–Crippen MR) is 59.0 cm³/mol. The first kappa shape index (κ1) is 13.0. The molecule has 80 valence electrons. The van der Waals surface area contributed by atoms with E-state index in [1.807, 2.05) is 0 Å². The van der Waals surface area contributed by atoms with Crippen molar-refractivity contribution in [1.29, 1.82) is 0 Å². The maximum absolute atomic E-state index is 5.77. The summed E-state index contributed by atoms with van der Waals surface area (Å²) in [7, 11) is 0. The highest BCUT2D eigenvalue weighted by Gasteiger charge is 2.14. The first-order chi connectivity index (χ1) is 6.02. The average molecular weight is 186 g/mol. The summed E-state index contributed by atoms with van der Waals surface area (Å²) in [4.78, 5) is 0. The Morgan fingerprint density at radius 1 is 1.23 bits per heavy atom. The lowest BCUT2D eigenvalue weighted by molar-refractivity contribution is -0.0225. The summed E-state index contributed by atoms with van der Waals surface area (Å²) in [6, 6.07) is 0. The van der Waals surface area contributed by atoms with Crippen LogP contribution in [0.3, 0.4) is 0 Å². The zero-order chi connectivity index (χ0) is 10.3. The van der Waals surface area contributed by atoms with Gasteiger partial charge in [-0.15, -0.1) is 0 Å². The molecule has 0 N–H and O–H groups in total. The van der Waals surface area contributed by atoms with Gasteiger partial charge in [0.25, 0.3) is 0 Å². The summed E-state index contributed by atoms with van der Waals surface area (Å²) in [5.41, 5.74) is 0.0788. The molecule has 0 bridgehead atoms. The van der Waals surface area contributed by atoms with E-state index in [0.29, 0.717) is 0 Å². The molecule has 0 aromatic rings. The molecule has 1 nitrogen and oxygen atoms in total. The van der Waals surface area contributed by atoms with E-state index in [1.165, 1.54) is 19.3 Å². The monoisotopic (exact) mass is 186 g/mol. The van der Waals surface area contributed by atoms with Crippen molar-refractivity contribution in [2.75, 3.05) is 6.61 Å². The molecule has 0 aliphatic rings. The van der Waals surface area contributed by atoms with Crippen molar-refractivity contribution in [1.82, 2.24) is 0 Å². The van der Waals surface area contributed by atoms with Crippen LogP contribution in [0, 0.1) is 5.92 Å². The van der Waals surface area contributed by atoms with Gasteiger partial charge < -0.3 is 4.74 Å². The van der Waals surface area contributed by atoms with Crippen molar-refractivity contribution in [3.63, 3.8) is 0 Å². The van der Waals surface area contributed by atoms with Crippen LogP contribution in [0.25, 0.3) is 0 Å². The lowest BCUT2D eigenvalue weighted by Crippen LogP contribution is -2.23. The summed E-state index contributed by atoms with van der Waals surface area (Å²) in [6.07, 6.45) is 4.89. The van der Waals surface area contributed by atoms with Crippen molar-refractivity contribution in [3.8, 4) is 0 Å². The maximum atomic E-state index is 5.77.